The van der Waals surface area contributed by atoms with Gasteiger partial charge in [-0.25, -0.2) is 4.98 Å². The van der Waals surface area contributed by atoms with E-state index in [4.69, 9.17) is 4.84 Å². The minimum atomic E-state index is -0.381. The summed E-state index contributed by atoms with van der Waals surface area (Å²) in [6, 6.07) is 9.49. The molecule has 0 unspecified atom stereocenters. The molecule has 0 radical (unpaired) electrons. The van der Waals surface area contributed by atoms with Crippen LogP contribution >= 0.6 is 11.3 Å². The zero-order valence-corrected chi connectivity index (χ0v) is 18.8. The SMILES string of the molecule is CN(C)OCCn1c(=O)c(C#N)c(N2CCN(C(=O)c3cccs3)CC2)c2cccnc21. The van der Waals surface area contributed by atoms with Crippen LogP contribution < -0.4 is 10.5 Å². The van der Waals surface area contributed by atoms with Gasteiger partial charge in [-0.2, -0.15) is 10.3 Å². The number of rotatable bonds is 6. The first-order valence-electron chi connectivity index (χ1n) is 10.3. The fourth-order valence-corrected chi connectivity index (χ4v) is 4.60. The lowest BCUT2D eigenvalue weighted by atomic mass is 10.1. The van der Waals surface area contributed by atoms with Gasteiger partial charge in [0.25, 0.3) is 11.5 Å². The van der Waals surface area contributed by atoms with Crippen LogP contribution in [-0.4, -0.2) is 72.3 Å². The standard InChI is InChI=1S/C22H24N6O3S/c1-25(2)31-13-12-28-20-16(5-3-7-24-20)19(17(15-23)21(28)29)26-8-10-27(11-9-26)22(30)18-6-4-14-32-18/h3-7,14H,8-13H2,1-2H3. The van der Waals surface area contributed by atoms with Crippen molar-refractivity contribution >= 4 is 34.0 Å². The van der Waals surface area contributed by atoms with E-state index in [1.165, 1.54) is 15.9 Å². The fraction of sp³-hybridized carbons (Fsp3) is 0.364. The van der Waals surface area contributed by atoms with Crippen LogP contribution in [0.1, 0.15) is 15.2 Å². The van der Waals surface area contributed by atoms with Gasteiger partial charge in [0.1, 0.15) is 17.3 Å². The highest BCUT2D eigenvalue weighted by Gasteiger charge is 2.27. The molecule has 3 aromatic rings. The number of carbonyl (C=O) groups is 1. The molecule has 0 saturated carbocycles. The Morgan fingerprint density at radius 3 is 2.69 bits per heavy atom. The summed E-state index contributed by atoms with van der Waals surface area (Å²) in [5.74, 6) is 0.0167. The predicted molar refractivity (Wildman–Crippen MR) is 123 cm³/mol. The Balaban J connectivity index is 1.65. The molecule has 4 heterocycles. The molecule has 4 rings (SSSR count). The first-order chi connectivity index (χ1) is 15.5. The van der Waals surface area contributed by atoms with Crippen molar-refractivity contribution in [1.29, 1.82) is 5.26 Å². The average Bonchev–Trinajstić information content (AvgIpc) is 3.34. The average molecular weight is 453 g/mol. The highest BCUT2D eigenvalue weighted by Crippen LogP contribution is 2.29. The quantitative estimate of drug-likeness (QED) is 0.526. The van der Waals surface area contributed by atoms with Gasteiger partial charge in [-0.1, -0.05) is 6.07 Å². The van der Waals surface area contributed by atoms with Crippen LogP contribution in [0.5, 0.6) is 0 Å². The molecule has 1 saturated heterocycles. The fourth-order valence-electron chi connectivity index (χ4n) is 3.90. The molecule has 32 heavy (non-hydrogen) atoms. The number of nitriles is 1. The van der Waals surface area contributed by atoms with Crippen LogP contribution in [0.4, 0.5) is 5.69 Å². The molecule has 1 aliphatic rings. The molecule has 0 atom stereocenters. The number of pyridine rings is 2. The predicted octanol–water partition coefficient (Wildman–Crippen LogP) is 1.79. The van der Waals surface area contributed by atoms with Gasteiger partial charge in [0, 0.05) is 51.9 Å². The van der Waals surface area contributed by atoms with Crippen molar-refractivity contribution in [3.8, 4) is 6.07 Å². The van der Waals surface area contributed by atoms with E-state index in [0.29, 0.717) is 42.4 Å². The van der Waals surface area contributed by atoms with Gasteiger partial charge in [-0.15, -0.1) is 11.3 Å². The van der Waals surface area contributed by atoms with Crippen molar-refractivity contribution in [2.45, 2.75) is 6.54 Å². The molecule has 3 aromatic heterocycles. The number of nitrogens with zero attached hydrogens (tertiary/aromatic N) is 6. The highest BCUT2D eigenvalue weighted by atomic mass is 32.1. The van der Waals surface area contributed by atoms with E-state index >= 15 is 0 Å². The van der Waals surface area contributed by atoms with E-state index in [1.54, 1.807) is 31.4 Å². The molecule has 1 fully saturated rings. The molecule has 0 aromatic carbocycles. The normalized spacial score (nSPS) is 14.2. The maximum Gasteiger partial charge on any atom is 0.272 e. The molecule has 0 aliphatic carbocycles. The summed E-state index contributed by atoms with van der Waals surface area (Å²) in [4.78, 5) is 40.3. The molecule has 166 valence electrons. The van der Waals surface area contributed by atoms with Crippen molar-refractivity contribution < 1.29 is 9.63 Å². The topological polar surface area (TPSA) is 94.7 Å². The number of amides is 1. The van der Waals surface area contributed by atoms with Crippen molar-refractivity contribution in [3.63, 3.8) is 0 Å². The van der Waals surface area contributed by atoms with Crippen LogP contribution in [0, 0.1) is 11.3 Å². The number of fused-ring (bicyclic) bond motifs is 1. The van der Waals surface area contributed by atoms with E-state index in [9.17, 15) is 14.9 Å². The summed E-state index contributed by atoms with van der Waals surface area (Å²) in [7, 11) is 3.54. The Labute approximate surface area is 189 Å². The van der Waals surface area contributed by atoms with Gasteiger partial charge in [-0.3, -0.25) is 19.0 Å². The van der Waals surface area contributed by atoms with Crippen LogP contribution in [0.2, 0.25) is 0 Å². The summed E-state index contributed by atoms with van der Waals surface area (Å²) in [6.07, 6.45) is 1.64. The molecule has 0 bridgehead atoms. The van der Waals surface area contributed by atoms with Crippen molar-refractivity contribution in [2.75, 3.05) is 51.8 Å². The van der Waals surface area contributed by atoms with E-state index in [2.05, 4.69) is 11.1 Å². The Hall–Kier alpha value is -3.26. The van der Waals surface area contributed by atoms with Gasteiger partial charge in [0.15, 0.2) is 0 Å². The highest BCUT2D eigenvalue weighted by molar-refractivity contribution is 7.12. The lowest BCUT2D eigenvalue weighted by molar-refractivity contribution is -0.121. The van der Waals surface area contributed by atoms with E-state index < -0.39 is 0 Å². The molecular formula is C22H24N6O3S. The minimum absolute atomic E-state index is 0.0167. The summed E-state index contributed by atoms with van der Waals surface area (Å²) < 4.78 is 1.50. The third-order valence-corrected chi connectivity index (χ3v) is 6.24. The van der Waals surface area contributed by atoms with E-state index in [0.717, 1.165) is 5.39 Å². The van der Waals surface area contributed by atoms with Crippen molar-refractivity contribution in [2.24, 2.45) is 0 Å². The summed E-state index contributed by atoms with van der Waals surface area (Å²) in [5.41, 5.74) is 0.820. The van der Waals surface area contributed by atoms with Crippen LogP contribution in [0.3, 0.4) is 0 Å². The van der Waals surface area contributed by atoms with Gasteiger partial charge in [0.05, 0.1) is 23.7 Å². The third-order valence-electron chi connectivity index (χ3n) is 5.38. The van der Waals surface area contributed by atoms with Crippen LogP contribution in [0.25, 0.3) is 11.0 Å². The summed E-state index contributed by atoms with van der Waals surface area (Å²) in [5, 5.41) is 14.1. The second kappa shape index (κ2) is 9.48. The van der Waals surface area contributed by atoms with Crippen molar-refractivity contribution in [1.82, 2.24) is 19.5 Å². The van der Waals surface area contributed by atoms with E-state index in [-0.39, 0.29) is 30.2 Å². The first-order valence-corrected chi connectivity index (χ1v) is 11.2. The van der Waals surface area contributed by atoms with Crippen LogP contribution in [-0.2, 0) is 11.4 Å². The van der Waals surface area contributed by atoms with E-state index in [1.807, 2.05) is 33.4 Å². The number of carbonyl (C=O) groups excluding carboxylic acids is 1. The number of thiophene rings is 1. The van der Waals surface area contributed by atoms with Gasteiger partial charge in [0.2, 0.25) is 0 Å². The zero-order chi connectivity index (χ0) is 22.7. The molecule has 0 spiro atoms. The molecule has 10 heteroatoms. The van der Waals surface area contributed by atoms with Gasteiger partial charge in [-0.05, 0) is 23.6 Å². The molecular weight excluding hydrogens is 428 g/mol. The van der Waals surface area contributed by atoms with Gasteiger partial charge < -0.3 is 9.80 Å². The summed E-state index contributed by atoms with van der Waals surface area (Å²) in [6.45, 7) is 2.66. The Morgan fingerprint density at radius 2 is 2.03 bits per heavy atom. The van der Waals surface area contributed by atoms with Gasteiger partial charge >= 0.3 is 0 Å². The largest absolute Gasteiger partial charge is 0.366 e. The lowest BCUT2D eigenvalue weighted by Gasteiger charge is -2.36. The molecule has 1 amide bonds. The number of aromatic nitrogens is 2. The number of hydrogen-bond acceptors (Lipinski definition) is 8. The number of piperazine rings is 1. The molecule has 9 nitrogen and oxygen atoms in total. The van der Waals surface area contributed by atoms with Crippen molar-refractivity contribution in [3.05, 3.63) is 56.6 Å². The lowest BCUT2D eigenvalue weighted by Crippen LogP contribution is -2.49. The number of anilines is 1. The zero-order valence-electron chi connectivity index (χ0n) is 18.0. The smallest absolute Gasteiger partial charge is 0.272 e. The third kappa shape index (κ3) is 4.23. The Kier molecular flexibility index (Phi) is 6.50. The Bertz CT molecular complexity index is 1210. The second-order valence-electron chi connectivity index (χ2n) is 7.57. The molecule has 1 aliphatic heterocycles. The second-order valence-corrected chi connectivity index (χ2v) is 8.52. The summed E-state index contributed by atoms with van der Waals surface area (Å²) >= 11 is 1.43. The van der Waals surface area contributed by atoms with Crippen LogP contribution in [0.15, 0.2) is 40.6 Å². The number of hydroxylamine groups is 2. The monoisotopic (exact) mass is 452 g/mol. The Morgan fingerprint density at radius 1 is 1.25 bits per heavy atom. The molecule has 0 N–H and O–H groups in total. The first kappa shape index (κ1) is 22.0. The maximum absolute atomic E-state index is 13.2. The number of hydrogen-bond donors (Lipinski definition) is 0. The minimum Gasteiger partial charge on any atom is -0.366 e. The maximum atomic E-state index is 13.2.